The maximum atomic E-state index is 13.1. The second kappa shape index (κ2) is 9.70. The van der Waals surface area contributed by atoms with Gasteiger partial charge in [0.25, 0.3) is 5.91 Å². The molecule has 0 saturated carbocycles. The van der Waals surface area contributed by atoms with Crippen LogP contribution in [0.3, 0.4) is 0 Å². The molecule has 0 aliphatic carbocycles. The molecule has 0 aliphatic rings. The van der Waals surface area contributed by atoms with Gasteiger partial charge >= 0.3 is 0 Å². The molecule has 0 fully saturated rings. The highest BCUT2D eigenvalue weighted by molar-refractivity contribution is 6.00. The number of hydrogen-bond acceptors (Lipinski definition) is 7. The quantitative estimate of drug-likeness (QED) is 0.368. The molecule has 9 nitrogen and oxygen atoms in total. The molecule has 174 valence electrons. The Kier molecular flexibility index (Phi) is 6.53. The van der Waals surface area contributed by atoms with E-state index >= 15 is 0 Å². The number of carbonyl (C=O) groups is 2. The maximum Gasteiger partial charge on any atom is 0.257 e. The van der Waals surface area contributed by atoms with E-state index in [9.17, 15) is 9.59 Å². The summed E-state index contributed by atoms with van der Waals surface area (Å²) in [4.78, 5) is 34.1. The Balaban J connectivity index is 1.61. The SMILES string of the molecule is Cc1onc(-c2ccccc2)c1C(=O)NCc1nc(N[C@H](C(N)=O)C(C)C)c2ccccc2n1. The molecule has 0 unspecified atom stereocenters. The number of hydrogen-bond donors (Lipinski definition) is 3. The molecular formula is C25H26N6O3. The van der Waals surface area contributed by atoms with E-state index in [4.69, 9.17) is 10.3 Å². The van der Waals surface area contributed by atoms with Crippen LogP contribution in [0.5, 0.6) is 0 Å². The summed E-state index contributed by atoms with van der Waals surface area (Å²) in [6, 6.07) is 16.2. The van der Waals surface area contributed by atoms with Gasteiger partial charge in [0.1, 0.15) is 28.9 Å². The van der Waals surface area contributed by atoms with E-state index < -0.39 is 11.9 Å². The first-order chi connectivity index (χ1) is 16.3. The maximum absolute atomic E-state index is 13.1. The normalized spacial score (nSPS) is 12.0. The lowest BCUT2D eigenvalue weighted by Crippen LogP contribution is -2.40. The first-order valence-electron chi connectivity index (χ1n) is 11.0. The molecule has 0 aliphatic heterocycles. The Morgan fingerprint density at radius 2 is 1.74 bits per heavy atom. The molecule has 2 aromatic carbocycles. The van der Waals surface area contributed by atoms with E-state index in [1.807, 2.05) is 68.4 Å². The van der Waals surface area contributed by atoms with Crippen LogP contribution in [0.2, 0.25) is 0 Å². The minimum atomic E-state index is -0.603. The van der Waals surface area contributed by atoms with E-state index in [1.165, 1.54) is 0 Å². The van der Waals surface area contributed by atoms with Crippen molar-refractivity contribution in [1.82, 2.24) is 20.4 Å². The molecule has 34 heavy (non-hydrogen) atoms. The molecule has 9 heteroatoms. The summed E-state index contributed by atoms with van der Waals surface area (Å²) >= 11 is 0. The molecule has 0 radical (unpaired) electrons. The van der Waals surface area contributed by atoms with Crippen LogP contribution in [0.4, 0.5) is 5.82 Å². The minimum absolute atomic E-state index is 0.0395. The summed E-state index contributed by atoms with van der Waals surface area (Å²) in [7, 11) is 0. The number of primary amides is 1. The predicted molar refractivity (Wildman–Crippen MR) is 129 cm³/mol. The topological polar surface area (TPSA) is 136 Å². The van der Waals surface area contributed by atoms with Crippen molar-refractivity contribution in [2.45, 2.75) is 33.4 Å². The van der Waals surface area contributed by atoms with E-state index in [0.29, 0.717) is 34.2 Å². The smallest absolute Gasteiger partial charge is 0.257 e. The lowest BCUT2D eigenvalue weighted by Gasteiger charge is -2.21. The highest BCUT2D eigenvalue weighted by Crippen LogP contribution is 2.25. The van der Waals surface area contributed by atoms with Gasteiger partial charge in [0.05, 0.1) is 12.1 Å². The fraction of sp³-hybridized carbons (Fsp3) is 0.240. The van der Waals surface area contributed by atoms with Crippen molar-refractivity contribution in [1.29, 1.82) is 0 Å². The fourth-order valence-corrected chi connectivity index (χ4v) is 3.71. The number of aromatic nitrogens is 3. The molecule has 4 rings (SSSR count). The van der Waals surface area contributed by atoms with Gasteiger partial charge in [-0.25, -0.2) is 9.97 Å². The van der Waals surface area contributed by atoms with Gasteiger partial charge in [-0.1, -0.05) is 61.5 Å². The Labute approximate surface area is 196 Å². The van der Waals surface area contributed by atoms with Crippen molar-refractivity contribution in [2.24, 2.45) is 11.7 Å². The molecule has 1 atom stereocenters. The summed E-state index contributed by atoms with van der Waals surface area (Å²) in [6.45, 7) is 5.57. The number of carbonyl (C=O) groups excluding carboxylic acids is 2. The van der Waals surface area contributed by atoms with Crippen LogP contribution < -0.4 is 16.4 Å². The first-order valence-corrected chi connectivity index (χ1v) is 11.0. The van der Waals surface area contributed by atoms with Crippen LogP contribution in [0.15, 0.2) is 59.1 Å². The average Bonchev–Trinajstić information content (AvgIpc) is 3.22. The number of aryl methyl sites for hydroxylation is 1. The van der Waals surface area contributed by atoms with Crippen LogP contribution in [-0.2, 0) is 11.3 Å². The van der Waals surface area contributed by atoms with Gasteiger partial charge in [-0.05, 0) is 25.0 Å². The molecule has 4 N–H and O–H groups in total. The summed E-state index contributed by atoms with van der Waals surface area (Å²) in [6.07, 6.45) is 0. The van der Waals surface area contributed by atoms with Gasteiger partial charge in [0.2, 0.25) is 5.91 Å². The number of nitrogens with one attached hydrogen (secondary N) is 2. The zero-order chi connectivity index (χ0) is 24.2. The van der Waals surface area contributed by atoms with Crippen LogP contribution in [0.25, 0.3) is 22.2 Å². The van der Waals surface area contributed by atoms with E-state index in [2.05, 4.69) is 25.8 Å². The Hall–Kier alpha value is -4.27. The fourth-order valence-electron chi connectivity index (χ4n) is 3.71. The lowest BCUT2D eigenvalue weighted by molar-refractivity contribution is -0.119. The van der Waals surface area contributed by atoms with Crippen LogP contribution in [-0.4, -0.2) is 33.0 Å². The monoisotopic (exact) mass is 458 g/mol. The molecule has 2 heterocycles. The third-order valence-electron chi connectivity index (χ3n) is 5.46. The molecule has 0 spiro atoms. The number of fused-ring (bicyclic) bond motifs is 1. The standard InChI is InChI=1S/C25H26N6O3/c1-14(2)21(23(26)32)30-24-17-11-7-8-12-18(17)28-19(29-24)13-27-25(33)20-15(3)34-31-22(20)16-9-5-4-6-10-16/h4-12,14,21H,13H2,1-3H3,(H2,26,32)(H,27,33)(H,28,29,30)/t21-/m0/s1. The Bertz CT molecular complexity index is 1330. The Morgan fingerprint density at radius 3 is 2.44 bits per heavy atom. The highest BCUT2D eigenvalue weighted by Gasteiger charge is 2.23. The van der Waals surface area contributed by atoms with Gasteiger partial charge in [0.15, 0.2) is 5.82 Å². The van der Waals surface area contributed by atoms with Crippen molar-refractivity contribution < 1.29 is 14.1 Å². The number of benzene rings is 2. The van der Waals surface area contributed by atoms with Gasteiger partial charge in [0, 0.05) is 10.9 Å². The zero-order valence-electron chi connectivity index (χ0n) is 19.2. The summed E-state index contributed by atoms with van der Waals surface area (Å²) in [5.74, 6) is 0.432. The largest absolute Gasteiger partial charge is 0.368 e. The highest BCUT2D eigenvalue weighted by atomic mass is 16.5. The Morgan fingerprint density at radius 1 is 1.03 bits per heavy atom. The molecule has 0 saturated heterocycles. The third-order valence-corrected chi connectivity index (χ3v) is 5.46. The van der Waals surface area contributed by atoms with Crippen molar-refractivity contribution in [3.05, 3.63) is 71.7 Å². The molecule has 0 bridgehead atoms. The van der Waals surface area contributed by atoms with E-state index in [1.54, 1.807) is 6.92 Å². The zero-order valence-corrected chi connectivity index (χ0v) is 19.2. The third kappa shape index (κ3) is 4.73. The molecular weight excluding hydrogens is 432 g/mol. The van der Waals surface area contributed by atoms with Crippen LogP contribution in [0.1, 0.15) is 35.8 Å². The second-order valence-electron chi connectivity index (χ2n) is 8.29. The van der Waals surface area contributed by atoms with Crippen LogP contribution in [0, 0.1) is 12.8 Å². The van der Waals surface area contributed by atoms with Gasteiger partial charge in [-0.2, -0.15) is 0 Å². The minimum Gasteiger partial charge on any atom is -0.368 e. The number of amides is 2. The molecule has 2 amide bonds. The lowest BCUT2D eigenvalue weighted by atomic mass is 10.0. The first kappa shape index (κ1) is 22.9. The average molecular weight is 459 g/mol. The number of nitrogens with two attached hydrogens (primary N) is 1. The summed E-state index contributed by atoms with van der Waals surface area (Å²) in [5.41, 5.74) is 7.88. The van der Waals surface area contributed by atoms with Crippen LogP contribution >= 0.6 is 0 Å². The summed E-state index contributed by atoms with van der Waals surface area (Å²) in [5, 5.41) is 10.8. The van der Waals surface area contributed by atoms with Crippen molar-refractivity contribution in [3.63, 3.8) is 0 Å². The molecule has 2 aromatic heterocycles. The second-order valence-corrected chi connectivity index (χ2v) is 8.29. The number of rotatable bonds is 8. The number of anilines is 1. The van der Waals surface area contributed by atoms with Gasteiger partial charge < -0.3 is 20.9 Å². The van der Waals surface area contributed by atoms with Crippen molar-refractivity contribution in [2.75, 3.05) is 5.32 Å². The molecule has 4 aromatic rings. The van der Waals surface area contributed by atoms with Crippen molar-refractivity contribution in [3.8, 4) is 11.3 Å². The van der Waals surface area contributed by atoms with Gasteiger partial charge in [-0.3, -0.25) is 9.59 Å². The van der Waals surface area contributed by atoms with E-state index in [0.717, 1.165) is 10.9 Å². The predicted octanol–water partition coefficient (Wildman–Crippen LogP) is 3.45. The van der Waals surface area contributed by atoms with Gasteiger partial charge in [-0.15, -0.1) is 0 Å². The number of para-hydroxylation sites is 1. The number of nitrogens with zero attached hydrogens (tertiary/aromatic N) is 3. The summed E-state index contributed by atoms with van der Waals surface area (Å²) < 4.78 is 5.29. The van der Waals surface area contributed by atoms with Crippen molar-refractivity contribution >= 4 is 28.5 Å². The van der Waals surface area contributed by atoms with E-state index in [-0.39, 0.29) is 18.4 Å².